The minimum atomic E-state index is 0.578. The summed E-state index contributed by atoms with van der Waals surface area (Å²) in [4.78, 5) is 0. The van der Waals surface area contributed by atoms with Gasteiger partial charge in [0.15, 0.2) is 0 Å². The van der Waals surface area contributed by atoms with Gasteiger partial charge in [-0.25, -0.2) is 5.84 Å². The Balaban J connectivity index is 2.74. The maximum absolute atomic E-state index is 5.40. The van der Waals surface area contributed by atoms with Gasteiger partial charge in [-0.2, -0.15) is 0 Å². The van der Waals surface area contributed by atoms with Crippen LogP contribution in [-0.4, -0.2) is 4.41 Å². The van der Waals surface area contributed by atoms with E-state index in [-0.39, 0.29) is 0 Å². The fourth-order valence-corrected chi connectivity index (χ4v) is 1.13. The Morgan fingerprint density at radius 3 is 2.56 bits per heavy atom. The van der Waals surface area contributed by atoms with Gasteiger partial charge < -0.3 is 11.5 Å². The summed E-state index contributed by atoms with van der Waals surface area (Å²) in [6.07, 6.45) is 3.26. The minimum Gasteiger partial charge on any atom is -0.397 e. The Morgan fingerprint density at radius 2 is 2.11 bits per heavy atom. The number of hydrogen-bond acceptors (Lipinski definition) is 5. The average Bonchev–Trinajstić information content (AvgIpc) is 1.59. The zero-order valence-electron chi connectivity index (χ0n) is 4.74. The van der Waals surface area contributed by atoms with E-state index in [1.165, 1.54) is 16.4 Å². The van der Waals surface area contributed by atoms with Crippen molar-refractivity contribution < 1.29 is 0 Å². The predicted octanol–water partition coefficient (Wildman–Crippen LogP) is -0.576. The minimum absolute atomic E-state index is 0.578. The molecule has 9 heavy (non-hydrogen) atoms. The zero-order valence-corrected chi connectivity index (χ0v) is 5.56. The highest BCUT2D eigenvalue weighted by molar-refractivity contribution is 8.00. The van der Waals surface area contributed by atoms with Crippen LogP contribution in [-0.2, 0) is 0 Å². The van der Waals surface area contributed by atoms with E-state index in [1.807, 2.05) is 0 Å². The number of nitrogens with zero attached hydrogens (tertiary/aromatic N) is 1. The van der Waals surface area contributed by atoms with Crippen molar-refractivity contribution in [2.45, 2.75) is 0 Å². The molecule has 0 saturated heterocycles. The van der Waals surface area contributed by atoms with Crippen LogP contribution in [0.15, 0.2) is 23.0 Å². The molecule has 0 fully saturated rings. The molecule has 0 aromatic carbocycles. The summed E-state index contributed by atoms with van der Waals surface area (Å²) in [5.41, 5.74) is 11.4. The molecule has 0 bridgehead atoms. The molecule has 0 saturated carbocycles. The first-order chi connectivity index (χ1) is 4.18. The van der Waals surface area contributed by atoms with Crippen molar-refractivity contribution in [3.05, 3.63) is 23.0 Å². The van der Waals surface area contributed by atoms with Gasteiger partial charge >= 0.3 is 0 Å². The van der Waals surface area contributed by atoms with Crippen LogP contribution in [0.2, 0.25) is 0 Å². The maximum atomic E-state index is 5.40. The van der Waals surface area contributed by atoms with E-state index in [1.54, 1.807) is 12.3 Å². The van der Waals surface area contributed by atoms with Crippen molar-refractivity contribution in [3.63, 3.8) is 0 Å². The maximum Gasteiger partial charge on any atom is 0.0902 e. The Bertz CT molecular complexity index is 173. The lowest BCUT2D eigenvalue weighted by atomic mass is 10.5. The molecule has 0 amide bonds. The lowest BCUT2D eigenvalue weighted by Gasteiger charge is -2.16. The molecule has 4 nitrogen and oxygen atoms in total. The van der Waals surface area contributed by atoms with Crippen molar-refractivity contribution in [1.82, 2.24) is 4.41 Å². The molecule has 6 N–H and O–H groups in total. The second kappa shape index (κ2) is 2.20. The monoisotopic (exact) mass is 144 g/mol. The molecule has 0 aromatic rings. The van der Waals surface area contributed by atoms with Crippen LogP contribution in [0.4, 0.5) is 0 Å². The Kier molecular flexibility index (Phi) is 1.54. The van der Waals surface area contributed by atoms with Gasteiger partial charge in [0.05, 0.1) is 16.9 Å². The molecule has 0 atom stereocenters. The molecule has 1 aliphatic rings. The summed E-state index contributed by atoms with van der Waals surface area (Å²) < 4.78 is 1.37. The van der Waals surface area contributed by atoms with E-state index in [0.717, 1.165) is 0 Å². The van der Waals surface area contributed by atoms with Gasteiger partial charge in [0.1, 0.15) is 0 Å². The molecule has 1 rings (SSSR count). The van der Waals surface area contributed by atoms with Crippen molar-refractivity contribution in [2.75, 3.05) is 0 Å². The van der Waals surface area contributed by atoms with Crippen LogP contribution in [0.5, 0.6) is 0 Å². The van der Waals surface area contributed by atoms with Crippen molar-refractivity contribution in [2.24, 2.45) is 17.3 Å². The van der Waals surface area contributed by atoms with Gasteiger partial charge in [-0.05, 0) is 6.08 Å². The number of allylic oxidation sites excluding steroid dienone is 1. The van der Waals surface area contributed by atoms with E-state index in [4.69, 9.17) is 17.3 Å². The fraction of sp³-hybridized carbons (Fsp3) is 0. The summed E-state index contributed by atoms with van der Waals surface area (Å²) in [5.74, 6) is 5.33. The number of rotatable bonds is 0. The lowest BCUT2D eigenvalue weighted by molar-refractivity contribution is 0.665. The lowest BCUT2D eigenvalue weighted by Crippen LogP contribution is -2.23. The van der Waals surface area contributed by atoms with E-state index >= 15 is 0 Å². The molecule has 0 unspecified atom stereocenters. The van der Waals surface area contributed by atoms with E-state index < -0.39 is 0 Å². The first kappa shape index (κ1) is 6.31. The predicted molar refractivity (Wildman–Crippen MR) is 38.2 cm³/mol. The van der Waals surface area contributed by atoms with Gasteiger partial charge in [-0.1, -0.05) is 0 Å². The van der Waals surface area contributed by atoms with Crippen LogP contribution in [0, 0.1) is 0 Å². The molecule has 1 aliphatic heterocycles. The largest absolute Gasteiger partial charge is 0.397 e. The highest BCUT2D eigenvalue weighted by Gasteiger charge is 2.03. The fourth-order valence-electron chi connectivity index (χ4n) is 0.523. The first-order valence-corrected chi connectivity index (χ1v) is 3.12. The molecular formula is C4H8N4S. The summed E-state index contributed by atoms with van der Waals surface area (Å²) in [6.45, 7) is 0. The Labute approximate surface area is 57.5 Å². The molecule has 0 spiro atoms. The standard InChI is InChI=1S/C4H8N4S/c5-3-1-4(6)9-8(7)2-3/h1-2H,5-7H2. The molecule has 1 heterocycles. The number of hydrogen-bond donors (Lipinski definition) is 3. The topological polar surface area (TPSA) is 81.3 Å². The van der Waals surface area contributed by atoms with Gasteiger partial charge in [-0.15, -0.1) is 0 Å². The van der Waals surface area contributed by atoms with Crippen molar-refractivity contribution in [3.8, 4) is 0 Å². The summed E-state index contributed by atoms with van der Waals surface area (Å²) in [5, 5.41) is 0.609. The molecule has 0 radical (unpaired) electrons. The summed E-state index contributed by atoms with van der Waals surface area (Å²) >= 11 is 1.24. The third kappa shape index (κ3) is 1.55. The second-order valence-electron chi connectivity index (χ2n) is 1.63. The van der Waals surface area contributed by atoms with Crippen LogP contribution in [0.1, 0.15) is 0 Å². The SMILES string of the molecule is NC1=CN(N)SC(N)=C1. The van der Waals surface area contributed by atoms with Gasteiger partial charge in [0.25, 0.3) is 0 Å². The van der Waals surface area contributed by atoms with E-state index in [9.17, 15) is 0 Å². The third-order valence-electron chi connectivity index (χ3n) is 0.796. The van der Waals surface area contributed by atoms with Crippen molar-refractivity contribution >= 4 is 11.9 Å². The molecule has 0 aromatic heterocycles. The Morgan fingerprint density at radius 1 is 1.44 bits per heavy atom. The van der Waals surface area contributed by atoms with E-state index in [2.05, 4.69) is 0 Å². The normalized spacial score (nSPS) is 19.0. The first-order valence-electron chi connectivity index (χ1n) is 2.35. The summed E-state index contributed by atoms with van der Waals surface area (Å²) in [6, 6.07) is 0. The molecule has 0 aliphatic carbocycles. The molecule has 50 valence electrons. The second-order valence-corrected chi connectivity index (χ2v) is 2.70. The Hall–Kier alpha value is -0.810. The van der Waals surface area contributed by atoms with Crippen molar-refractivity contribution in [1.29, 1.82) is 0 Å². The van der Waals surface area contributed by atoms with Gasteiger partial charge in [0.2, 0.25) is 0 Å². The quantitative estimate of drug-likeness (QED) is 0.313. The van der Waals surface area contributed by atoms with Crippen LogP contribution >= 0.6 is 11.9 Å². The van der Waals surface area contributed by atoms with E-state index in [0.29, 0.717) is 10.7 Å². The third-order valence-corrected chi connectivity index (χ3v) is 1.44. The van der Waals surface area contributed by atoms with Gasteiger partial charge in [0, 0.05) is 11.9 Å². The number of hydrazine groups is 1. The van der Waals surface area contributed by atoms with Crippen LogP contribution in [0.3, 0.4) is 0 Å². The van der Waals surface area contributed by atoms with Gasteiger partial charge in [-0.3, -0.25) is 4.41 Å². The summed E-state index contributed by atoms with van der Waals surface area (Å²) in [7, 11) is 0. The zero-order chi connectivity index (χ0) is 6.85. The van der Waals surface area contributed by atoms with Crippen LogP contribution < -0.4 is 17.3 Å². The highest BCUT2D eigenvalue weighted by atomic mass is 32.2. The molecular weight excluding hydrogens is 136 g/mol. The van der Waals surface area contributed by atoms with Crippen LogP contribution in [0.25, 0.3) is 0 Å². The highest BCUT2D eigenvalue weighted by Crippen LogP contribution is 2.18. The smallest absolute Gasteiger partial charge is 0.0902 e. The number of nitrogens with two attached hydrogens (primary N) is 3. The molecule has 5 heteroatoms. The average molecular weight is 144 g/mol.